The van der Waals surface area contributed by atoms with E-state index in [4.69, 9.17) is 17.3 Å². The van der Waals surface area contributed by atoms with Crippen LogP contribution in [0.3, 0.4) is 0 Å². The maximum atomic E-state index is 9.96. The molecule has 0 radical (unpaired) electrons. The minimum atomic E-state index is 0.184. The molecular weight excluding hydrogens is 226 g/mol. The number of phenols is 1. The number of benzene rings is 1. The minimum absolute atomic E-state index is 0.184. The summed E-state index contributed by atoms with van der Waals surface area (Å²) in [7, 11) is 1.74. The first-order valence-corrected chi connectivity index (χ1v) is 5.15. The fraction of sp³-hybridized carbons (Fsp3) is 0.182. The third kappa shape index (κ3) is 1.61. The van der Waals surface area contributed by atoms with Gasteiger partial charge in [0.25, 0.3) is 0 Å². The van der Waals surface area contributed by atoms with Crippen LogP contribution >= 0.6 is 11.6 Å². The Morgan fingerprint density at radius 3 is 2.62 bits per heavy atom. The Kier molecular flexibility index (Phi) is 2.52. The van der Waals surface area contributed by atoms with Gasteiger partial charge in [-0.05, 0) is 24.6 Å². The van der Waals surface area contributed by atoms with Crippen LogP contribution in [-0.2, 0) is 7.05 Å². The molecule has 0 amide bonds. The summed E-state index contributed by atoms with van der Waals surface area (Å²) in [6.45, 7) is 1.79. The van der Waals surface area contributed by atoms with Crippen molar-refractivity contribution in [1.82, 2.24) is 9.78 Å². The zero-order valence-corrected chi connectivity index (χ0v) is 9.78. The summed E-state index contributed by atoms with van der Waals surface area (Å²) in [5, 5.41) is 14.6. The number of halogens is 1. The van der Waals surface area contributed by atoms with Crippen LogP contribution < -0.4 is 5.73 Å². The Morgan fingerprint density at radius 1 is 1.38 bits per heavy atom. The van der Waals surface area contributed by atoms with Gasteiger partial charge in [-0.3, -0.25) is 4.68 Å². The number of aryl methyl sites for hydroxylation is 2. The number of rotatable bonds is 1. The van der Waals surface area contributed by atoms with Gasteiger partial charge in [0.2, 0.25) is 0 Å². The zero-order valence-electron chi connectivity index (χ0n) is 9.03. The number of anilines is 1. The molecule has 2 rings (SSSR count). The molecule has 2 aromatic rings. The van der Waals surface area contributed by atoms with Crippen molar-refractivity contribution < 1.29 is 5.11 Å². The second-order valence-corrected chi connectivity index (χ2v) is 4.12. The lowest BCUT2D eigenvalue weighted by molar-refractivity contribution is 0.473. The summed E-state index contributed by atoms with van der Waals surface area (Å²) in [5.41, 5.74) is 7.86. The van der Waals surface area contributed by atoms with Gasteiger partial charge in [-0.2, -0.15) is 5.10 Å². The lowest BCUT2D eigenvalue weighted by atomic mass is 10.0. The second kappa shape index (κ2) is 3.72. The number of aromatic nitrogens is 2. The maximum absolute atomic E-state index is 9.96. The van der Waals surface area contributed by atoms with Gasteiger partial charge in [-0.25, -0.2) is 0 Å². The Balaban J connectivity index is 2.69. The van der Waals surface area contributed by atoms with E-state index in [2.05, 4.69) is 5.10 Å². The van der Waals surface area contributed by atoms with Crippen molar-refractivity contribution in [2.45, 2.75) is 6.92 Å². The van der Waals surface area contributed by atoms with Gasteiger partial charge in [-0.1, -0.05) is 11.6 Å². The molecule has 1 aromatic carbocycles. The molecule has 0 spiro atoms. The van der Waals surface area contributed by atoms with Crippen LogP contribution in [0, 0.1) is 6.92 Å². The maximum Gasteiger partial charge on any atom is 0.129 e. The number of phenolic OH excluding ortho intramolecular Hbond substituents is 1. The third-order valence-corrected chi connectivity index (χ3v) is 2.76. The summed E-state index contributed by atoms with van der Waals surface area (Å²) >= 11 is 5.95. The average Bonchev–Trinajstić information content (AvgIpc) is 2.54. The van der Waals surface area contributed by atoms with Crippen molar-refractivity contribution in [1.29, 1.82) is 0 Å². The molecule has 0 saturated carbocycles. The van der Waals surface area contributed by atoms with Crippen LogP contribution in [0.1, 0.15) is 5.56 Å². The SMILES string of the molecule is Cc1cc(Cl)cc(-c2cnn(C)c2N)c1O. The number of nitrogen functional groups attached to an aromatic ring is 1. The van der Waals surface area contributed by atoms with E-state index in [0.29, 0.717) is 27.5 Å². The molecule has 0 aliphatic heterocycles. The molecule has 84 valence electrons. The molecule has 0 saturated heterocycles. The van der Waals surface area contributed by atoms with Gasteiger partial charge in [0.15, 0.2) is 0 Å². The normalized spacial score (nSPS) is 10.7. The van der Waals surface area contributed by atoms with Crippen molar-refractivity contribution in [3.63, 3.8) is 0 Å². The zero-order chi connectivity index (χ0) is 11.9. The van der Waals surface area contributed by atoms with Crippen molar-refractivity contribution in [3.05, 3.63) is 28.9 Å². The lowest BCUT2D eigenvalue weighted by Crippen LogP contribution is -1.98. The van der Waals surface area contributed by atoms with Crippen LogP contribution in [0.5, 0.6) is 5.75 Å². The van der Waals surface area contributed by atoms with Gasteiger partial charge in [0.1, 0.15) is 11.6 Å². The lowest BCUT2D eigenvalue weighted by Gasteiger charge is -2.07. The van der Waals surface area contributed by atoms with Gasteiger partial charge in [-0.15, -0.1) is 0 Å². The first kappa shape index (κ1) is 10.8. The van der Waals surface area contributed by atoms with Crippen LogP contribution in [0.2, 0.25) is 5.02 Å². The van der Waals surface area contributed by atoms with Crippen molar-refractivity contribution in [3.8, 4) is 16.9 Å². The van der Waals surface area contributed by atoms with Gasteiger partial charge >= 0.3 is 0 Å². The van der Waals surface area contributed by atoms with E-state index < -0.39 is 0 Å². The third-order valence-electron chi connectivity index (χ3n) is 2.54. The highest BCUT2D eigenvalue weighted by Crippen LogP contribution is 2.37. The van der Waals surface area contributed by atoms with Gasteiger partial charge in [0, 0.05) is 23.2 Å². The molecule has 3 N–H and O–H groups in total. The minimum Gasteiger partial charge on any atom is -0.507 e. The summed E-state index contributed by atoms with van der Waals surface area (Å²) in [5.74, 6) is 0.682. The van der Waals surface area contributed by atoms with Crippen LogP contribution in [-0.4, -0.2) is 14.9 Å². The number of nitrogens with two attached hydrogens (primary N) is 1. The molecule has 5 heteroatoms. The molecule has 0 unspecified atom stereocenters. The number of hydrogen-bond donors (Lipinski definition) is 2. The van der Waals surface area contributed by atoms with E-state index in [-0.39, 0.29) is 5.75 Å². The topological polar surface area (TPSA) is 64.1 Å². The molecule has 0 aliphatic carbocycles. The van der Waals surface area contributed by atoms with Crippen molar-refractivity contribution in [2.24, 2.45) is 7.05 Å². The molecule has 0 aliphatic rings. The largest absolute Gasteiger partial charge is 0.507 e. The van der Waals surface area contributed by atoms with E-state index in [9.17, 15) is 5.11 Å². The molecular formula is C11H12ClN3O. The monoisotopic (exact) mass is 237 g/mol. The van der Waals surface area contributed by atoms with E-state index in [1.54, 1.807) is 37.0 Å². The predicted molar refractivity (Wildman–Crippen MR) is 64.5 cm³/mol. The number of hydrogen-bond acceptors (Lipinski definition) is 3. The van der Waals surface area contributed by atoms with Gasteiger partial charge < -0.3 is 10.8 Å². The number of aromatic hydroxyl groups is 1. The summed E-state index contributed by atoms with van der Waals surface area (Å²) in [6.07, 6.45) is 1.61. The second-order valence-electron chi connectivity index (χ2n) is 3.69. The summed E-state index contributed by atoms with van der Waals surface area (Å²) < 4.78 is 1.55. The Labute approximate surface area is 98.3 Å². The molecule has 1 aromatic heterocycles. The summed E-state index contributed by atoms with van der Waals surface area (Å²) in [6, 6.07) is 3.38. The highest BCUT2D eigenvalue weighted by molar-refractivity contribution is 6.31. The van der Waals surface area contributed by atoms with Crippen LogP contribution in [0.25, 0.3) is 11.1 Å². The van der Waals surface area contributed by atoms with E-state index >= 15 is 0 Å². The predicted octanol–water partition coefficient (Wildman–Crippen LogP) is 2.34. The van der Waals surface area contributed by atoms with Crippen molar-refractivity contribution in [2.75, 3.05) is 5.73 Å². The molecule has 0 atom stereocenters. The van der Waals surface area contributed by atoms with E-state index in [0.717, 1.165) is 0 Å². The highest BCUT2D eigenvalue weighted by atomic mass is 35.5. The van der Waals surface area contributed by atoms with Crippen LogP contribution in [0.4, 0.5) is 5.82 Å². The molecule has 4 nitrogen and oxygen atoms in total. The van der Waals surface area contributed by atoms with Crippen molar-refractivity contribution >= 4 is 17.4 Å². The first-order chi connectivity index (χ1) is 7.50. The standard InChI is InChI=1S/C11H12ClN3O/c1-6-3-7(12)4-8(10(6)16)9-5-14-15(2)11(9)13/h3-5,16H,13H2,1-2H3. The van der Waals surface area contributed by atoms with Crippen LogP contribution in [0.15, 0.2) is 18.3 Å². The molecule has 1 heterocycles. The molecule has 16 heavy (non-hydrogen) atoms. The number of nitrogens with zero attached hydrogens (tertiary/aromatic N) is 2. The molecule has 0 fully saturated rings. The Hall–Kier alpha value is -1.68. The first-order valence-electron chi connectivity index (χ1n) is 4.77. The highest BCUT2D eigenvalue weighted by Gasteiger charge is 2.13. The van der Waals surface area contributed by atoms with Gasteiger partial charge in [0.05, 0.1) is 6.20 Å². The quantitative estimate of drug-likeness (QED) is 0.800. The Bertz CT molecular complexity index is 548. The van der Waals surface area contributed by atoms with E-state index in [1.807, 2.05) is 0 Å². The average molecular weight is 238 g/mol. The fourth-order valence-electron chi connectivity index (χ4n) is 1.60. The van der Waals surface area contributed by atoms with E-state index in [1.165, 1.54) is 0 Å². The Morgan fingerprint density at radius 2 is 2.06 bits per heavy atom. The summed E-state index contributed by atoms with van der Waals surface area (Å²) in [4.78, 5) is 0. The molecule has 0 bridgehead atoms. The fourth-order valence-corrected chi connectivity index (χ4v) is 1.87. The smallest absolute Gasteiger partial charge is 0.129 e.